The fourth-order valence-corrected chi connectivity index (χ4v) is 17.3. The van der Waals surface area contributed by atoms with Crippen LogP contribution in [0, 0.1) is 27.7 Å². The molecule has 0 aromatic heterocycles. The van der Waals surface area contributed by atoms with E-state index in [1.165, 1.54) is 139 Å². The number of ether oxygens (including phenoxy) is 1. The van der Waals surface area contributed by atoms with Gasteiger partial charge in [-0.3, -0.25) is 9.59 Å². The van der Waals surface area contributed by atoms with Crippen LogP contribution in [-0.4, -0.2) is 24.8 Å². The number of hydrogen-bond acceptors (Lipinski definition) is 3. The average Bonchev–Trinajstić information content (AvgIpc) is 1.54. The Morgan fingerprint density at radius 2 is 0.621 bits per heavy atom. The highest BCUT2D eigenvalue weighted by atomic mass is 16.5. The summed E-state index contributed by atoms with van der Waals surface area (Å²) >= 11 is 0. The van der Waals surface area contributed by atoms with Crippen molar-refractivity contribution < 1.29 is 14.3 Å². The van der Waals surface area contributed by atoms with Crippen LogP contribution in [0.5, 0.6) is 0 Å². The molecule has 0 N–H and O–H groups in total. The average molecular weight is 1130 g/mol. The molecule has 3 heteroatoms. The minimum absolute atomic E-state index is 0.0891. The van der Waals surface area contributed by atoms with Gasteiger partial charge in [-0.1, -0.05) is 265 Å². The maximum absolute atomic E-state index is 12.7. The zero-order valence-electron chi connectivity index (χ0n) is 50.0. The predicted molar refractivity (Wildman–Crippen MR) is 353 cm³/mol. The Kier molecular flexibility index (Phi) is 12.3. The summed E-state index contributed by atoms with van der Waals surface area (Å²) in [5.41, 5.74) is 34.6. The van der Waals surface area contributed by atoms with Gasteiger partial charge in [0.05, 0.1) is 17.4 Å². The van der Waals surface area contributed by atoms with E-state index in [1.54, 1.807) is 0 Å². The Bertz CT molecular complexity index is 4610. The molecule has 0 radical (unpaired) electrons. The number of hydrogen-bond donors (Lipinski definition) is 0. The summed E-state index contributed by atoms with van der Waals surface area (Å²) in [4.78, 5) is 24.4. The molecule has 2 unspecified atom stereocenters. The second kappa shape index (κ2) is 20.2. The SMILES string of the molecule is Cc1ccc2c(c1)C1(CC(=O)c3ccccc31)c1ccccc1-2.Cc1ccc2c(c1)C1(CCC(=O)CC1)c1ccccc1-2.Cc1ccc2c(c1)C1(CCOC1)c1ccccc1-2.Cc1ccc2c(c1)C1(c3ccccc3-c3ccccc31)c1ccccc1-2. The summed E-state index contributed by atoms with van der Waals surface area (Å²) in [6.45, 7) is 10.4. The fourth-order valence-electron chi connectivity index (χ4n) is 17.3. The van der Waals surface area contributed by atoms with Gasteiger partial charge in [0.2, 0.25) is 0 Å². The minimum atomic E-state index is -0.300. The monoisotopic (exact) mass is 1120 g/mol. The van der Waals surface area contributed by atoms with E-state index < -0.39 is 0 Å². The van der Waals surface area contributed by atoms with E-state index in [-0.39, 0.29) is 27.4 Å². The van der Waals surface area contributed by atoms with E-state index >= 15 is 0 Å². The lowest BCUT2D eigenvalue weighted by molar-refractivity contribution is -0.121. The first kappa shape index (κ1) is 53.2. The van der Waals surface area contributed by atoms with Crippen molar-refractivity contribution in [3.63, 3.8) is 0 Å². The van der Waals surface area contributed by atoms with Gasteiger partial charge in [-0.15, -0.1) is 0 Å². The van der Waals surface area contributed by atoms with E-state index in [9.17, 15) is 9.59 Å². The summed E-state index contributed by atoms with van der Waals surface area (Å²) in [5, 5.41) is 0. The Balaban J connectivity index is 0.0000000947. The standard InChI is InChI=1S/C26H18.C22H16O.C19H18O.C17H16O/c1-17-14-15-21-20-10-4-7-13-24(20)26(25(21)16-17)22-11-5-2-8-18(22)19-9-3-6-12-23(19)26;1-14-10-11-16-15-6-2-4-8-18(15)22(20(16)12-14)13-21(23)17-7-3-5-9-19(17)22;1-13-6-7-16-15-4-2-3-5-17(15)19(18(16)12-13)10-8-14(20)9-11-19;1-12-6-7-14-13-4-2-3-5-15(13)17(16(14)10-12)8-9-18-11-17/h2-16H,1H3;2-12H,13H2,1H3;2-7,12H,8-11H2,1H3;2-7,10H,8-9,11H2,1H3. The van der Waals surface area contributed by atoms with Crippen molar-refractivity contribution in [1.82, 2.24) is 0 Å². The van der Waals surface area contributed by atoms with Gasteiger partial charge in [-0.2, -0.15) is 0 Å². The van der Waals surface area contributed by atoms with Gasteiger partial charge in [0.1, 0.15) is 5.78 Å². The van der Waals surface area contributed by atoms with Crippen LogP contribution in [0.3, 0.4) is 0 Å². The van der Waals surface area contributed by atoms with Gasteiger partial charge in [-0.05, 0) is 164 Å². The first-order chi connectivity index (χ1) is 42.5. The normalized spacial score (nSPS) is 19.2. The summed E-state index contributed by atoms with van der Waals surface area (Å²) < 4.78 is 5.74. The molecular weight excluding hydrogens is 1060 g/mol. The lowest BCUT2D eigenvalue weighted by atomic mass is 9.67. The second-order valence-corrected chi connectivity index (χ2v) is 25.8. The van der Waals surface area contributed by atoms with Gasteiger partial charge in [0.15, 0.2) is 5.78 Å². The topological polar surface area (TPSA) is 43.4 Å². The van der Waals surface area contributed by atoms with Crippen LogP contribution in [0.25, 0.3) is 55.6 Å². The van der Waals surface area contributed by atoms with Gasteiger partial charge >= 0.3 is 0 Å². The Morgan fingerprint density at radius 3 is 1.08 bits per heavy atom. The molecule has 87 heavy (non-hydrogen) atoms. The number of ketones is 2. The highest BCUT2D eigenvalue weighted by Crippen LogP contribution is 2.64. The molecule has 1 saturated heterocycles. The lowest BCUT2D eigenvalue weighted by Gasteiger charge is -2.35. The highest BCUT2D eigenvalue weighted by molar-refractivity contribution is 6.06. The van der Waals surface area contributed by atoms with Crippen molar-refractivity contribution >= 4 is 11.6 Å². The molecule has 7 aliphatic carbocycles. The smallest absolute Gasteiger partial charge is 0.164 e. The Hall–Kier alpha value is -9.28. The van der Waals surface area contributed by atoms with Crippen molar-refractivity contribution in [3.05, 3.63) is 332 Å². The largest absolute Gasteiger partial charge is 0.380 e. The van der Waals surface area contributed by atoms with E-state index in [2.05, 4.69) is 258 Å². The summed E-state index contributed by atoms with van der Waals surface area (Å²) in [5.74, 6) is 0.680. The Labute approximate surface area is 511 Å². The van der Waals surface area contributed by atoms with Crippen LogP contribution in [0.4, 0.5) is 0 Å². The first-order valence-electron chi connectivity index (χ1n) is 31.3. The van der Waals surface area contributed by atoms with Crippen molar-refractivity contribution in [2.45, 2.75) is 87.9 Å². The molecule has 1 saturated carbocycles. The maximum Gasteiger partial charge on any atom is 0.164 e. The van der Waals surface area contributed by atoms with Crippen molar-refractivity contribution in [1.29, 1.82) is 0 Å². The molecule has 0 amide bonds. The van der Waals surface area contributed by atoms with Crippen LogP contribution in [-0.2, 0) is 31.2 Å². The summed E-state index contributed by atoms with van der Waals surface area (Å²) in [6, 6.07) is 88.3. The third-order valence-corrected chi connectivity index (χ3v) is 21.1. The number of carbonyl (C=O) groups excluding carboxylic acids is 2. The molecular formula is C84H68O3. The molecule has 11 aromatic rings. The van der Waals surface area contributed by atoms with Crippen LogP contribution < -0.4 is 0 Å². The van der Waals surface area contributed by atoms with Crippen molar-refractivity contribution in [2.24, 2.45) is 0 Å². The van der Waals surface area contributed by atoms with Gasteiger partial charge in [0, 0.05) is 42.3 Å². The van der Waals surface area contributed by atoms with Crippen LogP contribution in [0.2, 0.25) is 0 Å². The molecule has 2 fully saturated rings. The summed E-state index contributed by atoms with van der Waals surface area (Å²) in [6.07, 6.45) is 5.04. The molecule has 1 aliphatic heterocycles. The molecule has 3 nitrogen and oxygen atoms in total. The molecule has 2 atom stereocenters. The zero-order chi connectivity index (χ0) is 58.8. The molecule has 8 aliphatic rings. The van der Waals surface area contributed by atoms with Crippen molar-refractivity contribution in [3.8, 4) is 55.6 Å². The Morgan fingerprint density at radius 1 is 0.299 bits per heavy atom. The summed E-state index contributed by atoms with van der Waals surface area (Å²) in [7, 11) is 0. The van der Waals surface area contributed by atoms with E-state index in [0.29, 0.717) is 12.2 Å². The first-order valence-corrected chi connectivity index (χ1v) is 31.3. The van der Waals surface area contributed by atoms with E-state index in [4.69, 9.17) is 4.74 Å². The molecule has 422 valence electrons. The van der Waals surface area contributed by atoms with Crippen LogP contribution in [0.15, 0.2) is 243 Å². The molecule has 4 spiro atoms. The highest BCUT2D eigenvalue weighted by Gasteiger charge is 2.53. The van der Waals surface area contributed by atoms with E-state index in [1.807, 2.05) is 12.1 Å². The molecule has 1 heterocycles. The molecule has 19 rings (SSSR count). The molecule has 0 bridgehead atoms. The number of Topliss-reactive ketones (excluding diaryl/α,β-unsaturated/α-hetero) is 2. The van der Waals surface area contributed by atoms with E-state index in [0.717, 1.165) is 50.9 Å². The second-order valence-electron chi connectivity index (χ2n) is 25.8. The number of benzene rings is 11. The van der Waals surface area contributed by atoms with Crippen LogP contribution in [0.1, 0.15) is 132 Å². The van der Waals surface area contributed by atoms with Gasteiger partial charge in [0.25, 0.3) is 0 Å². The van der Waals surface area contributed by atoms with Crippen molar-refractivity contribution in [2.75, 3.05) is 13.2 Å². The fraction of sp³-hybridized carbons (Fsp3) is 0.190. The predicted octanol–water partition coefficient (Wildman–Crippen LogP) is 19.3. The van der Waals surface area contributed by atoms with Gasteiger partial charge in [-0.25, -0.2) is 0 Å². The zero-order valence-corrected chi connectivity index (χ0v) is 50.0. The van der Waals surface area contributed by atoms with Crippen LogP contribution >= 0.6 is 0 Å². The number of aryl methyl sites for hydroxylation is 4. The quantitative estimate of drug-likeness (QED) is 0.152. The number of rotatable bonds is 0. The third-order valence-electron chi connectivity index (χ3n) is 21.1. The minimum Gasteiger partial charge on any atom is -0.380 e. The third kappa shape index (κ3) is 7.71. The number of carbonyl (C=O) groups is 2. The van der Waals surface area contributed by atoms with Gasteiger partial charge < -0.3 is 4.74 Å². The lowest BCUT2D eigenvalue weighted by Crippen LogP contribution is -2.31. The molecule has 11 aromatic carbocycles. The number of fused-ring (bicyclic) bond motifs is 27. The maximum atomic E-state index is 12.7.